The third-order valence-electron chi connectivity index (χ3n) is 3.59. The van der Waals surface area contributed by atoms with E-state index < -0.39 is 17.9 Å². The van der Waals surface area contributed by atoms with Crippen molar-refractivity contribution >= 4 is 17.8 Å². The average Bonchev–Trinajstić information content (AvgIpc) is 3.02. The number of rotatable bonds is 5. The van der Waals surface area contributed by atoms with Crippen LogP contribution >= 0.6 is 0 Å². The first-order valence-electron chi connectivity index (χ1n) is 7.34. The summed E-state index contributed by atoms with van der Waals surface area (Å²) in [6.07, 6.45) is 1.71. The lowest BCUT2D eigenvalue weighted by Gasteiger charge is -2.34. The van der Waals surface area contributed by atoms with Gasteiger partial charge >= 0.3 is 5.97 Å². The molecule has 2 rings (SSSR count). The Labute approximate surface area is 128 Å². The second-order valence-corrected chi connectivity index (χ2v) is 5.20. The van der Waals surface area contributed by atoms with Crippen LogP contribution in [0, 0.1) is 0 Å². The van der Waals surface area contributed by atoms with E-state index in [0.717, 1.165) is 0 Å². The normalized spacial score (nSPS) is 19.5. The highest BCUT2D eigenvalue weighted by atomic mass is 16.5. The second-order valence-electron chi connectivity index (χ2n) is 5.20. The Morgan fingerprint density at radius 1 is 1.55 bits per heavy atom. The van der Waals surface area contributed by atoms with Crippen molar-refractivity contribution in [3.63, 3.8) is 0 Å². The molecule has 7 heteroatoms. The highest BCUT2D eigenvalue weighted by molar-refractivity contribution is 5.97. The number of amides is 2. The Morgan fingerprint density at radius 3 is 2.95 bits per heavy atom. The Balaban J connectivity index is 2.08. The van der Waals surface area contributed by atoms with Gasteiger partial charge in [0.25, 0.3) is 5.91 Å². The molecule has 1 aromatic rings. The SMILES string of the molecule is CCC(C)OC(=O)CC1C(=O)NCCN1C(=O)c1ccco1. The largest absolute Gasteiger partial charge is 0.463 e. The molecule has 2 atom stereocenters. The molecular formula is C15H20N2O5. The number of piperazine rings is 1. The molecule has 2 unspecified atom stereocenters. The standard InChI is InChI=1S/C15H20N2O5/c1-3-10(2)22-13(18)9-11-14(19)16-6-7-17(11)15(20)12-5-4-8-21-12/h4-5,8,10-11H,3,6-7,9H2,1-2H3,(H,16,19). The zero-order valence-corrected chi connectivity index (χ0v) is 12.7. The van der Waals surface area contributed by atoms with E-state index in [1.807, 2.05) is 6.92 Å². The molecule has 1 aliphatic heterocycles. The molecule has 0 aliphatic carbocycles. The number of carbonyl (C=O) groups is 3. The van der Waals surface area contributed by atoms with Crippen LogP contribution in [-0.4, -0.2) is 47.9 Å². The van der Waals surface area contributed by atoms with Crippen LogP contribution in [0.25, 0.3) is 0 Å². The Morgan fingerprint density at radius 2 is 2.32 bits per heavy atom. The van der Waals surface area contributed by atoms with Crippen molar-refractivity contribution in [2.24, 2.45) is 0 Å². The summed E-state index contributed by atoms with van der Waals surface area (Å²) in [6, 6.07) is 2.26. The van der Waals surface area contributed by atoms with Crippen LogP contribution in [0.2, 0.25) is 0 Å². The van der Waals surface area contributed by atoms with Gasteiger partial charge in [0.1, 0.15) is 6.04 Å². The van der Waals surface area contributed by atoms with Crippen LogP contribution in [0.4, 0.5) is 0 Å². The molecule has 0 saturated carbocycles. The topological polar surface area (TPSA) is 88.9 Å². The molecule has 1 aliphatic rings. The first-order chi connectivity index (χ1) is 10.5. The molecule has 1 aromatic heterocycles. The lowest BCUT2D eigenvalue weighted by molar-refractivity contribution is -0.151. The third-order valence-corrected chi connectivity index (χ3v) is 3.59. The molecule has 22 heavy (non-hydrogen) atoms. The van der Waals surface area contributed by atoms with E-state index in [0.29, 0.717) is 19.5 Å². The molecule has 120 valence electrons. The van der Waals surface area contributed by atoms with Gasteiger partial charge in [-0.3, -0.25) is 14.4 Å². The monoisotopic (exact) mass is 308 g/mol. The van der Waals surface area contributed by atoms with Crippen molar-refractivity contribution in [2.45, 2.75) is 38.8 Å². The van der Waals surface area contributed by atoms with Crippen LogP contribution in [0.3, 0.4) is 0 Å². The Bertz CT molecular complexity index is 540. The number of ether oxygens (including phenoxy) is 1. The summed E-state index contributed by atoms with van der Waals surface area (Å²) >= 11 is 0. The maximum absolute atomic E-state index is 12.4. The van der Waals surface area contributed by atoms with E-state index in [-0.39, 0.29) is 24.2 Å². The maximum Gasteiger partial charge on any atom is 0.308 e. The number of nitrogens with one attached hydrogen (secondary N) is 1. The first kappa shape index (κ1) is 16.1. The first-order valence-corrected chi connectivity index (χ1v) is 7.34. The van der Waals surface area contributed by atoms with Crippen molar-refractivity contribution in [1.29, 1.82) is 0 Å². The van der Waals surface area contributed by atoms with Crippen molar-refractivity contribution in [2.75, 3.05) is 13.1 Å². The second kappa shape index (κ2) is 7.11. The van der Waals surface area contributed by atoms with E-state index >= 15 is 0 Å². The minimum Gasteiger partial charge on any atom is -0.463 e. The molecule has 2 heterocycles. The minimum atomic E-state index is -0.872. The Hall–Kier alpha value is -2.31. The van der Waals surface area contributed by atoms with Gasteiger partial charge in [-0.2, -0.15) is 0 Å². The number of nitrogens with zero attached hydrogens (tertiary/aromatic N) is 1. The highest BCUT2D eigenvalue weighted by Crippen LogP contribution is 2.15. The van der Waals surface area contributed by atoms with Gasteiger partial charge in [-0.1, -0.05) is 6.92 Å². The molecule has 1 N–H and O–H groups in total. The third kappa shape index (κ3) is 3.66. The zero-order valence-electron chi connectivity index (χ0n) is 12.7. The van der Waals surface area contributed by atoms with Crippen molar-refractivity contribution < 1.29 is 23.5 Å². The summed E-state index contributed by atoms with van der Waals surface area (Å²) in [5.41, 5.74) is 0. The fourth-order valence-corrected chi connectivity index (χ4v) is 2.22. The highest BCUT2D eigenvalue weighted by Gasteiger charge is 2.36. The smallest absolute Gasteiger partial charge is 0.308 e. The van der Waals surface area contributed by atoms with E-state index in [1.54, 1.807) is 13.0 Å². The van der Waals surface area contributed by atoms with E-state index in [1.165, 1.54) is 17.2 Å². The lowest BCUT2D eigenvalue weighted by atomic mass is 10.1. The fourth-order valence-electron chi connectivity index (χ4n) is 2.22. The number of carbonyl (C=O) groups excluding carboxylic acids is 3. The van der Waals surface area contributed by atoms with Gasteiger partial charge in [0.15, 0.2) is 5.76 Å². The van der Waals surface area contributed by atoms with Gasteiger partial charge < -0.3 is 19.4 Å². The molecule has 7 nitrogen and oxygen atoms in total. The van der Waals surface area contributed by atoms with Gasteiger partial charge in [-0.15, -0.1) is 0 Å². The van der Waals surface area contributed by atoms with Gasteiger partial charge in [0, 0.05) is 13.1 Å². The van der Waals surface area contributed by atoms with Crippen molar-refractivity contribution in [1.82, 2.24) is 10.2 Å². The summed E-state index contributed by atoms with van der Waals surface area (Å²) in [4.78, 5) is 37.7. The van der Waals surface area contributed by atoms with Crippen LogP contribution in [-0.2, 0) is 14.3 Å². The zero-order chi connectivity index (χ0) is 16.1. The van der Waals surface area contributed by atoms with Crippen LogP contribution < -0.4 is 5.32 Å². The average molecular weight is 308 g/mol. The van der Waals surface area contributed by atoms with Crippen LogP contribution in [0.1, 0.15) is 37.2 Å². The van der Waals surface area contributed by atoms with Gasteiger partial charge in [0.05, 0.1) is 18.8 Å². The van der Waals surface area contributed by atoms with Gasteiger partial charge in [0.2, 0.25) is 5.91 Å². The molecule has 2 amide bonds. The van der Waals surface area contributed by atoms with E-state index in [4.69, 9.17) is 9.15 Å². The predicted molar refractivity (Wildman–Crippen MR) is 77.0 cm³/mol. The van der Waals surface area contributed by atoms with Gasteiger partial charge in [-0.05, 0) is 25.5 Å². The molecule has 1 saturated heterocycles. The van der Waals surface area contributed by atoms with Crippen molar-refractivity contribution in [3.05, 3.63) is 24.2 Å². The van der Waals surface area contributed by atoms with E-state index in [2.05, 4.69) is 5.32 Å². The molecule has 0 spiro atoms. The number of hydrogen-bond donors (Lipinski definition) is 1. The van der Waals surface area contributed by atoms with Crippen LogP contribution in [0.5, 0.6) is 0 Å². The number of esters is 1. The quantitative estimate of drug-likeness (QED) is 0.818. The summed E-state index contributed by atoms with van der Waals surface area (Å²) in [6.45, 7) is 4.36. The minimum absolute atomic E-state index is 0.148. The predicted octanol–water partition coefficient (Wildman–Crippen LogP) is 0.952. The summed E-state index contributed by atoms with van der Waals surface area (Å²) in [7, 11) is 0. The van der Waals surface area contributed by atoms with E-state index in [9.17, 15) is 14.4 Å². The summed E-state index contributed by atoms with van der Waals surface area (Å²) in [5.74, 6) is -1.10. The number of hydrogen-bond acceptors (Lipinski definition) is 5. The summed E-state index contributed by atoms with van der Waals surface area (Å²) < 4.78 is 10.3. The molecule has 1 fully saturated rings. The molecular weight excluding hydrogens is 288 g/mol. The van der Waals surface area contributed by atoms with Crippen LogP contribution in [0.15, 0.2) is 22.8 Å². The molecule has 0 bridgehead atoms. The molecule has 0 aromatic carbocycles. The fraction of sp³-hybridized carbons (Fsp3) is 0.533. The molecule has 0 radical (unpaired) electrons. The summed E-state index contributed by atoms with van der Waals surface area (Å²) in [5, 5.41) is 2.66. The number of furan rings is 1. The van der Waals surface area contributed by atoms with Gasteiger partial charge in [-0.25, -0.2) is 0 Å². The maximum atomic E-state index is 12.4. The Kier molecular flexibility index (Phi) is 5.19. The van der Waals surface area contributed by atoms with Crippen molar-refractivity contribution in [3.8, 4) is 0 Å². The lowest BCUT2D eigenvalue weighted by Crippen LogP contribution is -2.57.